The number of rotatable bonds is 5. The Labute approximate surface area is 100 Å². The number of benzene rings is 1. The van der Waals surface area contributed by atoms with Crippen molar-refractivity contribution in [2.45, 2.75) is 24.8 Å². The molecule has 4 heteroatoms. The highest BCUT2D eigenvalue weighted by Gasteiger charge is 2.04. The third kappa shape index (κ3) is 4.79. The van der Waals surface area contributed by atoms with E-state index >= 15 is 0 Å². The van der Waals surface area contributed by atoms with Crippen molar-refractivity contribution < 1.29 is 4.39 Å². The first kappa shape index (κ1) is 13.2. The molecule has 88 valence electrons. The van der Waals surface area contributed by atoms with Crippen LogP contribution in [0.1, 0.15) is 13.8 Å². The van der Waals surface area contributed by atoms with Crippen molar-refractivity contribution in [1.82, 2.24) is 5.43 Å². The summed E-state index contributed by atoms with van der Waals surface area (Å²) in [6.45, 7) is 4.05. The van der Waals surface area contributed by atoms with Crippen molar-refractivity contribution in [2.75, 3.05) is 5.75 Å². The van der Waals surface area contributed by atoms with Gasteiger partial charge in [0, 0.05) is 16.7 Å². The standard InChI is InChI=1S/C12H17FN2S/c1-9(2)6-11(15-14)8-16-12-5-3-4-10(13)7-12/h3-7,11,15H,8,14H2,1-2H3. The van der Waals surface area contributed by atoms with Crippen LogP contribution in [-0.2, 0) is 0 Å². The molecular weight excluding hydrogens is 223 g/mol. The highest BCUT2D eigenvalue weighted by Crippen LogP contribution is 2.19. The van der Waals surface area contributed by atoms with E-state index in [2.05, 4.69) is 11.5 Å². The molecule has 0 aromatic heterocycles. The van der Waals surface area contributed by atoms with Crippen LogP contribution in [0, 0.1) is 5.82 Å². The lowest BCUT2D eigenvalue weighted by atomic mass is 10.2. The van der Waals surface area contributed by atoms with Gasteiger partial charge in [0.05, 0.1) is 0 Å². The van der Waals surface area contributed by atoms with Gasteiger partial charge in [-0.25, -0.2) is 4.39 Å². The first-order chi connectivity index (χ1) is 7.61. The van der Waals surface area contributed by atoms with Gasteiger partial charge in [0.15, 0.2) is 0 Å². The maximum Gasteiger partial charge on any atom is 0.124 e. The van der Waals surface area contributed by atoms with Crippen molar-refractivity contribution in [3.8, 4) is 0 Å². The summed E-state index contributed by atoms with van der Waals surface area (Å²) < 4.78 is 12.9. The van der Waals surface area contributed by atoms with Crippen LogP contribution >= 0.6 is 11.8 Å². The lowest BCUT2D eigenvalue weighted by Crippen LogP contribution is -2.35. The summed E-state index contributed by atoms with van der Waals surface area (Å²) in [6.07, 6.45) is 2.06. The minimum absolute atomic E-state index is 0.110. The van der Waals surface area contributed by atoms with Crippen LogP contribution in [0.3, 0.4) is 0 Å². The number of thioether (sulfide) groups is 1. The molecule has 1 rings (SSSR count). The molecule has 1 atom stereocenters. The van der Waals surface area contributed by atoms with Crippen LogP contribution in [0.2, 0.25) is 0 Å². The van der Waals surface area contributed by atoms with Crippen LogP contribution in [0.15, 0.2) is 40.8 Å². The molecular formula is C12H17FN2S. The second kappa shape index (κ2) is 6.68. The molecule has 0 saturated heterocycles. The molecule has 0 fully saturated rings. The summed E-state index contributed by atoms with van der Waals surface area (Å²) in [7, 11) is 0. The van der Waals surface area contributed by atoms with Gasteiger partial charge in [0.1, 0.15) is 5.82 Å². The zero-order chi connectivity index (χ0) is 12.0. The normalized spacial score (nSPS) is 12.2. The summed E-state index contributed by atoms with van der Waals surface area (Å²) in [6, 6.07) is 6.69. The van der Waals surface area contributed by atoms with Gasteiger partial charge in [-0.1, -0.05) is 17.7 Å². The van der Waals surface area contributed by atoms with Gasteiger partial charge in [0.2, 0.25) is 0 Å². The van der Waals surface area contributed by atoms with Gasteiger partial charge in [0.25, 0.3) is 0 Å². The Balaban J connectivity index is 2.53. The third-order valence-corrected chi connectivity index (χ3v) is 3.09. The molecule has 0 aliphatic heterocycles. The summed E-state index contributed by atoms with van der Waals surface area (Å²) in [4.78, 5) is 0.919. The van der Waals surface area contributed by atoms with Gasteiger partial charge >= 0.3 is 0 Å². The summed E-state index contributed by atoms with van der Waals surface area (Å²) in [5.41, 5.74) is 3.94. The van der Waals surface area contributed by atoms with Crippen LogP contribution in [0.4, 0.5) is 4.39 Å². The average Bonchev–Trinajstić information content (AvgIpc) is 2.24. The lowest BCUT2D eigenvalue weighted by molar-refractivity contribution is 0.624. The maximum absolute atomic E-state index is 12.9. The molecule has 0 amide bonds. The second-order valence-electron chi connectivity index (χ2n) is 3.79. The molecule has 0 aliphatic carbocycles. The quantitative estimate of drug-likeness (QED) is 0.360. The molecule has 0 heterocycles. The van der Waals surface area contributed by atoms with Crippen LogP contribution in [0.25, 0.3) is 0 Å². The minimum Gasteiger partial charge on any atom is -0.271 e. The molecule has 1 aromatic rings. The molecule has 1 unspecified atom stereocenters. The lowest BCUT2D eigenvalue weighted by Gasteiger charge is -2.11. The zero-order valence-electron chi connectivity index (χ0n) is 9.53. The van der Waals surface area contributed by atoms with Crippen molar-refractivity contribution in [3.05, 3.63) is 41.7 Å². The van der Waals surface area contributed by atoms with Crippen molar-refractivity contribution >= 4 is 11.8 Å². The van der Waals surface area contributed by atoms with Crippen molar-refractivity contribution in [1.29, 1.82) is 0 Å². The first-order valence-electron chi connectivity index (χ1n) is 5.11. The number of nitrogens with two attached hydrogens (primary N) is 1. The largest absolute Gasteiger partial charge is 0.271 e. The zero-order valence-corrected chi connectivity index (χ0v) is 10.4. The molecule has 0 aliphatic rings. The first-order valence-corrected chi connectivity index (χ1v) is 6.10. The average molecular weight is 240 g/mol. The highest BCUT2D eigenvalue weighted by atomic mass is 32.2. The number of hydrogen-bond acceptors (Lipinski definition) is 3. The topological polar surface area (TPSA) is 38.0 Å². The molecule has 0 bridgehead atoms. The smallest absolute Gasteiger partial charge is 0.124 e. The Morgan fingerprint density at radius 3 is 2.88 bits per heavy atom. The van der Waals surface area contributed by atoms with E-state index in [-0.39, 0.29) is 11.9 Å². The van der Waals surface area contributed by atoms with Crippen LogP contribution in [-0.4, -0.2) is 11.8 Å². The summed E-state index contributed by atoms with van der Waals surface area (Å²) >= 11 is 1.58. The van der Waals surface area contributed by atoms with E-state index in [1.165, 1.54) is 17.7 Å². The van der Waals surface area contributed by atoms with Crippen LogP contribution < -0.4 is 11.3 Å². The van der Waals surface area contributed by atoms with Gasteiger partial charge in [-0.3, -0.25) is 11.3 Å². The third-order valence-electron chi connectivity index (χ3n) is 1.97. The molecule has 0 radical (unpaired) electrons. The Hall–Kier alpha value is -0.840. The minimum atomic E-state index is -0.204. The van der Waals surface area contributed by atoms with Gasteiger partial charge in [-0.2, -0.15) is 0 Å². The summed E-state index contributed by atoms with van der Waals surface area (Å²) in [5, 5.41) is 0. The number of hydrogen-bond donors (Lipinski definition) is 2. The Morgan fingerprint density at radius 2 is 2.31 bits per heavy atom. The van der Waals surface area contributed by atoms with Crippen LogP contribution in [0.5, 0.6) is 0 Å². The molecule has 0 saturated carbocycles. The Kier molecular flexibility index (Phi) is 5.52. The van der Waals surface area contributed by atoms with Gasteiger partial charge in [-0.05, 0) is 32.0 Å². The molecule has 0 spiro atoms. The SMILES string of the molecule is CC(C)=CC(CSc1cccc(F)c1)NN. The Morgan fingerprint density at radius 1 is 1.56 bits per heavy atom. The number of nitrogens with one attached hydrogen (secondary N) is 1. The number of hydrazine groups is 1. The van der Waals surface area contributed by atoms with E-state index in [0.717, 1.165) is 10.6 Å². The van der Waals surface area contributed by atoms with Crippen molar-refractivity contribution in [2.24, 2.45) is 5.84 Å². The van der Waals surface area contributed by atoms with Crippen molar-refractivity contribution in [3.63, 3.8) is 0 Å². The molecule has 3 N–H and O–H groups in total. The predicted molar refractivity (Wildman–Crippen MR) is 67.7 cm³/mol. The maximum atomic E-state index is 12.9. The predicted octanol–water partition coefficient (Wildman–Crippen LogP) is 2.72. The number of allylic oxidation sites excluding steroid dienone is 1. The fourth-order valence-electron chi connectivity index (χ4n) is 1.29. The number of halogens is 1. The highest BCUT2D eigenvalue weighted by molar-refractivity contribution is 7.99. The molecule has 2 nitrogen and oxygen atoms in total. The Bertz CT molecular complexity index is 362. The van der Waals surface area contributed by atoms with Gasteiger partial charge < -0.3 is 0 Å². The van der Waals surface area contributed by atoms with E-state index in [0.29, 0.717) is 0 Å². The molecule has 16 heavy (non-hydrogen) atoms. The summed E-state index contributed by atoms with van der Waals surface area (Å²) in [5.74, 6) is 6.01. The second-order valence-corrected chi connectivity index (χ2v) is 4.88. The van der Waals surface area contributed by atoms with E-state index in [4.69, 9.17) is 5.84 Å². The van der Waals surface area contributed by atoms with E-state index < -0.39 is 0 Å². The molecule has 1 aromatic carbocycles. The monoisotopic (exact) mass is 240 g/mol. The fraction of sp³-hybridized carbons (Fsp3) is 0.333. The fourth-order valence-corrected chi connectivity index (χ4v) is 2.22. The van der Waals surface area contributed by atoms with E-state index in [9.17, 15) is 4.39 Å². The van der Waals surface area contributed by atoms with E-state index in [1.807, 2.05) is 19.9 Å². The van der Waals surface area contributed by atoms with E-state index in [1.54, 1.807) is 17.8 Å². The van der Waals surface area contributed by atoms with Gasteiger partial charge in [-0.15, -0.1) is 11.8 Å².